The van der Waals surface area contributed by atoms with Crippen LogP contribution in [0.3, 0.4) is 0 Å². The summed E-state index contributed by atoms with van der Waals surface area (Å²) >= 11 is 3.23. The summed E-state index contributed by atoms with van der Waals surface area (Å²) in [6, 6.07) is 4.76. The maximum Gasteiger partial charge on any atom is 0.242 e. The van der Waals surface area contributed by atoms with E-state index in [2.05, 4.69) is 20.7 Å². The Morgan fingerprint density at radius 1 is 1.50 bits per heavy atom. The Hall–Kier alpha value is -0.630. The zero-order chi connectivity index (χ0) is 13.2. The summed E-state index contributed by atoms with van der Waals surface area (Å²) in [6.07, 6.45) is 1.83. The minimum Gasteiger partial charge on any atom is -0.398 e. The van der Waals surface area contributed by atoms with Crippen molar-refractivity contribution in [1.82, 2.24) is 4.72 Å². The Labute approximate surface area is 115 Å². The van der Waals surface area contributed by atoms with Gasteiger partial charge in [0, 0.05) is 17.6 Å². The van der Waals surface area contributed by atoms with Gasteiger partial charge in [-0.1, -0.05) is 15.9 Å². The van der Waals surface area contributed by atoms with E-state index in [-0.39, 0.29) is 23.2 Å². The van der Waals surface area contributed by atoms with Crippen LogP contribution in [0.5, 0.6) is 0 Å². The molecule has 0 radical (unpaired) electrons. The molecule has 5 nitrogen and oxygen atoms in total. The number of anilines is 1. The predicted molar refractivity (Wildman–Crippen MR) is 72.7 cm³/mol. The van der Waals surface area contributed by atoms with Crippen LogP contribution >= 0.6 is 15.9 Å². The fourth-order valence-corrected chi connectivity index (χ4v) is 3.56. The third kappa shape index (κ3) is 3.23. The molecule has 0 aliphatic carbocycles. The van der Waals surface area contributed by atoms with Crippen molar-refractivity contribution in [3.63, 3.8) is 0 Å². The zero-order valence-corrected chi connectivity index (χ0v) is 12.1. The van der Waals surface area contributed by atoms with Gasteiger partial charge in [0.05, 0.1) is 11.8 Å². The van der Waals surface area contributed by atoms with Crippen LogP contribution in [0.15, 0.2) is 27.6 Å². The first-order valence-electron chi connectivity index (χ1n) is 5.65. The Morgan fingerprint density at radius 2 is 2.28 bits per heavy atom. The average Bonchev–Trinajstić information content (AvgIpc) is 2.83. The molecule has 1 aromatic rings. The van der Waals surface area contributed by atoms with Gasteiger partial charge in [0.25, 0.3) is 0 Å². The molecule has 1 unspecified atom stereocenters. The molecular formula is C11H15BrN2O3S. The number of halogens is 1. The minimum absolute atomic E-state index is 0.0341. The third-order valence-electron chi connectivity index (χ3n) is 2.79. The van der Waals surface area contributed by atoms with Gasteiger partial charge in [0.2, 0.25) is 10.0 Å². The van der Waals surface area contributed by atoms with Crippen molar-refractivity contribution in [2.75, 3.05) is 18.9 Å². The topological polar surface area (TPSA) is 81.4 Å². The van der Waals surface area contributed by atoms with Gasteiger partial charge in [-0.25, -0.2) is 13.1 Å². The van der Waals surface area contributed by atoms with E-state index in [1.165, 1.54) is 6.07 Å². The van der Waals surface area contributed by atoms with Crippen molar-refractivity contribution >= 4 is 31.6 Å². The molecule has 1 heterocycles. The van der Waals surface area contributed by atoms with Crippen molar-refractivity contribution in [1.29, 1.82) is 0 Å². The van der Waals surface area contributed by atoms with Crippen molar-refractivity contribution in [2.45, 2.75) is 23.8 Å². The second-order valence-electron chi connectivity index (χ2n) is 4.17. The van der Waals surface area contributed by atoms with Crippen LogP contribution in [0, 0.1) is 0 Å². The van der Waals surface area contributed by atoms with Gasteiger partial charge < -0.3 is 10.5 Å². The van der Waals surface area contributed by atoms with Crippen LogP contribution in [0.2, 0.25) is 0 Å². The molecule has 7 heteroatoms. The lowest BCUT2D eigenvalue weighted by Gasteiger charge is -2.12. The van der Waals surface area contributed by atoms with E-state index >= 15 is 0 Å². The quantitative estimate of drug-likeness (QED) is 0.817. The lowest BCUT2D eigenvalue weighted by Crippen LogP contribution is -2.32. The van der Waals surface area contributed by atoms with E-state index in [0.717, 1.165) is 12.8 Å². The lowest BCUT2D eigenvalue weighted by molar-refractivity contribution is 0.114. The standard InChI is InChI=1S/C11H15BrN2O3S/c12-8-3-4-10(13)11(6-8)18(15,16)14-7-9-2-1-5-17-9/h3-4,6,9,14H,1-2,5,7,13H2. The predicted octanol–water partition coefficient (Wildman–Crippen LogP) is 1.49. The molecule has 0 bridgehead atoms. The van der Waals surface area contributed by atoms with Crippen molar-refractivity contribution in [2.24, 2.45) is 0 Å². The first kappa shape index (κ1) is 13.8. The Morgan fingerprint density at radius 3 is 2.94 bits per heavy atom. The molecule has 1 aliphatic rings. The molecule has 1 saturated heterocycles. The first-order chi connectivity index (χ1) is 8.49. The average molecular weight is 335 g/mol. The van der Waals surface area contributed by atoms with Crippen LogP contribution in [0.1, 0.15) is 12.8 Å². The number of rotatable bonds is 4. The Kier molecular flexibility index (Phi) is 4.26. The van der Waals surface area contributed by atoms with Crippen molar-refractivity contribution < 1.29 is 13.2 Å². The molecule has 100 valence electrons. The van der Waals surface area contributed by atoms with E-state index < -0.39 is 10.0 Å². The van der Waals surface area contributed by atoms with Gasteiger partial charge in [-0.15, -0.1) is 0 Å². The lowest BCUT2D eigenvalue weighted by atomic mass is 10.2. The number of ether oxygens (including phenoxy) is 1. The van der Waals surface area contributed by atoms with E-state index in [1.54, 1.807) is 12.1 Å². The zero-order valence-electron chi connectivity index (χ0n) is 9.73. The smallest absolute Gasteiger partial charge is 0.242 e. The first-order valence-corrected chi connectivity index (χ1v) is 7.93. The minimum atomic E-state index is -3.59. The number of benzene rings is 1. The molecule has 3 N–H and O–H groups in total. The number of nitrogen functional groups attached to an aromatic ring is 1. The molecule has 1 fully saturated rings. The van der Waals surface area contributed by atoms with E-state index in [1.807, 2.05) is 0 Å². The molecule has 1 aromatic carbocycles. The molecule has 2 rings (SSSR count). The molecular weight excluding hydrogens is 320 g/mol. The summed E-state index contributed by atoms with van der Waals surface area (Å²) < 4.78 is 32.8. The second-order valence-corrected chi connectivity index (χ2v) is 6.82. The van der Waals surface area contributed by atoms with Gasteiger partial charge >= 0.3 is 0 Å². The SMILES string of the molecule is Nc1ccc(Br)cc1S(=O)(=O)NCC1CCCO1. The molecule has 0 amide bonds. The monoisotopic (exact) mass is 334 g/mol. The Bertz CT molecular complexity index is 527. The second kappa shape index (κ2) is 5.56. The fourth-order valence-electron chi connectivity index (χ4n) is 1.83. The van der Waals surface area contributed by atoms with Gasteiger partial charge in [0.15, 0.2) is 0 Å². The van der Waals surface area contributed by atoms with E-state index in [0.29, 0.717) is 11.1 Å². The summed E-state index contributed by atoms with van der Waals surface area (Å²) in [4.78, 5) is 0.0925. The number of hydrogen-bond donors (Lipinski definition) is 2. The summed E-state index contributed by atoms with van der Waals surface area (Å²) in [5.74, 6) is 0. The van der Waals surface area contributed by atoms with Gasteiger partial charge in [-0.3, -0.25) is 0 Å². The summed E-state index contributed by atoms with van der Waals surface area (Å²) in [5.41, 5.74) is 5.92. The van der Waals surface area contributed by atoms with Crippen molar-refractivity contribution in [3.8, 4) is 0 Å². The summed E-state index contributed by atoms with van der Waals surface area (Å²) in [7, 11) is -3.59. The molecule has 0 aromatic heterocycles. The van der Waals surface area contributed by atoms with Gasteiger partial charge in [-0.2, -0.15) is 0 Å². The number of hydrogen-bond acceptors (Lipinski definition) is 4. The molecule has 18 heavy (non-hydrogen) atoms. The third-order valence-corrected chi connectivity index (χ3v) is 4.76. The summed E-state index contributed by atoms with van der Waals surface area (Å²) in [6.45, 7) is 0.986. The van der Waals surface area contributed by atoms with Crippen molar-refractivity contribution in [3.05, 3.63) is 22.7 Å². The maximum atomic E-state index is 12.1. The fraction of sp³-hybridized carbons (Fsp3) is 0.455. The molecule has 1 atom stereocenters. The highest BCUT2D eigenvalue weighted by Crippen LogP contribution is 2.23. The Balaban J connectivity index is 2.12. The van der Waals surface area contributed by atoms with E-state index in [4.69, 9.17) is 10.5 Å². The van der Waals surface area contributed by atoms with E-state index in [9.17, 15) is 8.42 Å². The highest BCUT2D eigenvalue weighted by molar-refractivity contribution is 9.10. The van der Waals surface area contributed by atoms with Gasteiger partial charge in [0.1, 0.15) is 4.90 Å². The van der Waals surface area contributed by atoms with Crippen LogP contribution in [-0.2, 0) is 14.8 Å². The number of nitrogens with two attached hydrogens (primary N) is 1. The molecule has 0 saturated carbocycles. The largest absolute Gasteiger partial charge is 0.398 e. The highest BCUT2D eigenvalue weighted by Gasteiger charge is 2.21. The molecule has 1 aliphatic heterocycles. The van der Waals surface area contributed by atoms with Crippen LogP contribution < -0.4 is 10.5 Å². The number of nitrogens with one attached hydrogen (secondary N) is 1. The highest BCUT2D eigenvalue weighted by atomic mass is 79.9. The normalized spacial score (nSPS) is 20.2. The van der Waals surface area contributed by atoms with Crippen LogP contribution in [-0.4, -0.2) is 27.7 Å². The maximum absolute atomic E-state index is 12.1. The molecule has 0 spiro atoms. The van der Waals surface area contributed by atoms with Crippen LogP contribution in [0.25, 0.3) is 0 Å². The number of sulfonamides is 1. The summed E-state index contributed by atoms with van der Waals surface area (Å²) in [5, 5.41) is 0. The van der Waals surface area contributed by atoms with Crippen LogP contribution in [0.4, 0.5) is 5.69 Å². The van der Waals surface area contributed by atoms with Gasteiger partial charge in [-0.05, 0) is 31.0 Å².